The fourth-order valence-corrected chi connectivity index (χ4v) is 4.84. The summed E-state index contributed by atoms with van der Waals surface area (Å²) in [6, 6.07) is 6.72. The Labute approximate surface area is 209 Å². The average Bonchev–Trinajstić information content (AvgIpc) is 3.31. The molecule has 2 aliphatic rings. The molecule has 0 radical (unpaired) electrons. The molecule has 6 nitrogen and oxygen atoms in total. The van der Waals surface area contributed by atoms with Crippen LogP contribution in [-0.2, 0) is 17.6 Å². The van der Waals surface area contributed by atoms with Gasteiger partial charge in [0.2, 0.25) is 0 Å². The SMILES string of the molecule is C=CC1(C)Cc2cc(C(=O)O)cc(Br)c2O1.C=CC1(C)Cc2cc(C(=O)OC)cc(Br)c2O1. The van der Waals surface area contributed by atoms with Gasteiger partial charge in [-0.1, -0.05) is 13.2 Å². The van der Waals surface area contributed by atoms with Crippen molar-refractivity contribution in [3.05, 3.63) is 80.8 Å². The van der Waals surface area contributed by atoms with Crippen molar-refractivity contribution in [1.82, 2.24) is 0 Å². The van der Waals surface area contributed by atoms with Gasteiger partial charge in [-0.25, -0.2) is 9.59 Å². The van der Waals surface area contributed by atoms with Gasteiger partial charge in [-0.2, -0.15) is 0 Å². The predicted molar refractivity (Wildman–Crippen MR) is 132 cm³/mol. The summed E-state index contributed by atoms with van der Waals surface area (Å²) in [5.74, 6) is 0.212. The van der Waals surface area contributed by atoms with E-state index in [1.165, 1.54) is 7.11 Å². The summed E-state index contributed by atoms with van der Waals surface area (Å²) >= 11 is 6.73. The number of benzene rings is 2. The number of methoxy groups -OCH3 is 1. The van der Waals surface area contributed by atoms with Crippen LogP contribution in [0.1, 0.15) is 45.7 Å². The van der Waals surface area contributed by atoms with Gasteiger partial charge in [0.15, 0.2) is 0 Å². The lowest BCUT2D eigenvalue weighted by atomic mass is 9.98. The molecule has 1 N–H and O–H groups in total. The molecule has 0 amide bonds. The summed E-state index contributed by atoms with van der Waals surface area (Å²) in [6.07, 6.45) is 4.86. The quantitative estimate of drug-likeness (QED) is 0.346. The van der Waals surface area contributed by atoms with E-state index in [4.69, 9.17) is 19.3 Å². The number of hydrogen-bond acceptors (Lipinski definition) is 5. The second-order valence-electron chi connectivity index (χ2n) is 8.28. The van der Waals surface area contributed by atoms with Crippen LogP contribution in [0.3, 0.4) is 0 Å². The zero-order valence-corrected chi connectivity index (χ0v) is 21.7. The highest BCUT2D eigenvalue weighted by Gasteiger charge is 2.35. The van der Waals surface area contributed by atoms with Crippen molar-refractivity contribution in [1.29, 1.82) is 0 Å². The molecule has 0 bridgehead atoms. The van der Waals surface area contributed by atoms with Gasteiger partial charge in [-0.05, 0) is 82.1 Å². The molecule has 174 valence electrons. The van der Waals surface area contributed by atoms with Gasteiger partial charge in [0, 0.05) is 24.0 Å². The van der Waals surface area contributed by atoms with Gasteiger partial charge in [0.05, 0.1) is 27.2 Å². The molecule has 0 aromatic heterocycles. The molecule has 2 unspecified atom stereocenters. The van der Waals surface area contributed by atoms with Crippen molar-refractivity contribution >= 4 is 43.8 Å². The minimum atomic E-state index is -0.935. The van der Waals surface area contributed by atoms with Crippen LogP contribution in [0.25, 0.3) is 0 Å². The van der Waals surface area contributed by atoms with Gasteiger partial charge < -0.3 is 19.3 Å². The largest absolute Gasteiger partial charge is 0.482 e. The molecule has 0 saturated carbocycles. The van der Waals surface area contributed by atoms with Crippen LogP contribution in [0.5, 0.6) is 11.5 Å². The first kappa shape index (κ1) is 25.1. The average molecular weight is 580 g/mol. The van der Waals surface area contributed by atoms with Crippen LogP contribution in [-0.4, -0.2) is 35.4 Å². The van der Waals surface area contributed by atoms with E-state index in [-0.39, 0.29) is 11.5 Å². The number of ether oxygens (including phenoxy) is 3. The van der Waals surface area contributed by atoms with E-state index < -0.39 is 17.2 Å². The number of esters is 1. The Morgan fingerprint density at radius 3 is 1.76 bits per heavy atom. The number of hydrogen-bond donors (Lipinski definition) is 1. The number of carboxylic acids is 1. The van der Waals surface area contributed by atoms with Crippen LogP contribution in [0.15, 0.2) is 58.5 Å². The summed E-state index contributed by atoms with van der Waals surface area (Å²) in [5, 5.41) is 8.95. The second kappa shape index (κ2) is 9.35. The zero-order chi connectivity index (χ0) is 24.6. The van der Waals surface area contributed by atoms with Crippen LogP contribution in [0, 0.1) is 0 Å². The number of fused-ring (bicyclic) bond motifs is 2. The number of rotatable bonds is 4. The van der Waals surface area contributed by atoms with Crippen molar-refractivity contribution in [3.63, 3.8) is 0 Å². The summed E-state index contributed by atoms with van der Waals surface area (Å²) in [4.78, 5) is 22.4. The third kappa shape index (κ3) is 5.17. The fraction of sp³-hybridized carbons (Fsp3) is 0.280. The first-order valence-electron chi connectivity index (χ1n) is 10.1. The summed E-state index contributed by atoms with van der Waals surface area (Å²) < 4.78 is 17.7. The van der Waals surface area contributed by atoms with Crippen molar-refractivity contribution < 1.29 is 28.9 Å². The van der Waals surface area contributed by atoms with E-state index in [9.17, 15) is 9.59 Å². The third-order valence-corrected chi connectivity index (χ3v) is 6.70. The Hall–Kier alpha value is -2.58. The molecule has 0 spiro atoms. The maximum Gasteiger partial charge on any atom is 0.337 e. The highest BCUT2D eigenvalue weighted by atomic mass is 79.9. The number of carbonyl (C=O) groups excluding carboxylic acids is 1. The Bertz CT molecular complexity index is 1160. The summed E-state index contributed by atoms with van der Waals surface area (Å²) in [6.45, 7) is 11.4. The van der Waals surface area contributed by atoms with E-state index in [0.717, 1.165) is 21.3 Å². The lowest BCUT2D eigenvalue weighted by molar-refractivity contribution is 0.0599. The zero-order valence-electron chi connectivity index (χ0n) is 18.5. The maximum atomic E-state index is 11.5. The summed E-state index contributed by atoms with van der Waals surface area (Å²) in [7, 11) is 1.37. The van der Waals surface area contributed by atoms with Gasteiger partial charge in [-0.15, -0.1) is 0 Å². The smallest absolute Gasteiger partial charge is 0.337 e. The predicted octanol–water partition coefficient (Wildman–Crippen LogP) is 6.14. The number of halogens is 2. The van der Waals surface area contributed by atoms with E-state index in [1.807, 2.05) is 13.8 Å². The molecular weight excluding hydrogens is 556 g/mol. The normalized spacial score (nSPS) is 22.0. The second-order valence-corrected chi connectivity index (χ2v) is 9.99. The molecule has 4 rings (SSSR count). The van der Waals surface area contributed by atoms with Gasteiger partial charge in [0.25, 0.3) is 0 Å². The van der Waals surface area contributed by atoms with Gasteiger partial charge in [-0.3, -0.25) is 0 Å². The molecule has 2 aromatic carbocycles. The molecule has 2 aliphatic heterocycles. The van der Waals surface area contributed by atoms with Gasteiger partial charge >= 0.3 is 11.9 Å². The molecular formula is C25H24Br2O6. The molecule has 33 heavy (non-hydrogen) atoms. The molecule has 2 aromatic rings. The molecule has 0 saturated heterocycles. The van der Waals surface area contributed by atoms with E-state index in [2.05, 4.69) is 45.0 Å². The standard InChI is InChI=1S/C13H13BrO3.C12H11BrO3/c1-4-13(2)7-9-5-8(12(15)16-3)6-10(14)11(9)17-13;1-3-12(2)6-8-4-7(11(14)15)5-9(13)10(8)16-12/h4-6H,1,7H2,2-3H3;3-5H,1,6H2,2H3,(H,14,15). The molecule has 0 fully saturated rings. The lowest BCUT2D eigenvalue weighted by Gasteiger charge is -2.18. The van der Waals surface area contributed by atoms with Crippen LogP contribution < -0.4 is 9.47 Å². The van der Waals surface area contributed by atoms with Crippen molar-refractivity contribution in [2.24, 2.45) is 0 Å². The lowest BCUT2D eigenvalue weighted by Crippen LogP contribution is -2.26. The van der Waals surface area contributed by atoms with Crippen molar-refractivity contribution in [2.75, 3.05) is 7.11 Å². The number of carbonyl (C=O) groups is 2. The van der Waals surface area contributed by atoms with E-state index in [0.29, 0.717) is 28.6 Å². The van der Waals surface area contributed by atoms with Crippen LogP contribution in [0.4, 0.5) is 0 Å². The van der Waals surface area contributed by atoms with Crippen molar-refractivity contribution in [2.45, 2.75) is 37.9 Å². The molecule has 2 heterocycles. The van der Waals surface area contributed by atoms with Crippen LogP contribution >= 0.6 is 31.9 Å². The Morgan fingerprint density at radius 2 is 1.36 bits per heavy atom. The minimum Gasteiger partial charge on any atom is -0.482 e. The third-order valence-electron chi connectivity index (χ3n) is 5.53. The number of aromatic carboxylic acids is 1. The monoisotopic (exact) mass is 578 g/mol. The minimum absolute atomic E-state index is 0.266. The fourth-order valence-electron chi connectivity index (χ4n) is 3.67. The molecule has 0 aliphatic carbocycles. The topological polar surface area (TPSA) is 82.1 Å². The highest BCUT2D eigenvalue weighted by Crippen LogP contribution is 2.42. The Balaban J connectivity index is 0.000000186. The molecule has 2 atom stereocenters. The Kier molecular flexibility index (Phi) is 7.10. The van der Waals surface area contributed by atoms with Crippen LogP contribution in [0.2, 0.25) is 0 Å². The first-order valence-corrected chi connectivity index (χ1v) is 11.6. The molecule has 8 heteroatoms. The first-order chi connectivity index (χ1) is 15.4. The number of carboxylic acid groups (broad SMARTS) is 1. The summed E-state index contributed by atoms with van der Waals surface area (Å²) in [5.41, 5.74) is 1.83. The highest BCUT2D eigenvalue weighted by molar-refractivity contribution is 9.11. The van der Waals surface area contributed by atoms with Gasteiger partial charge in [0.1, 0.15) is 22.7 Å². The van der Waals surface area contributed by atoms with E-state index in [1.54, 1.807) is 36.4 Å². The van der Waals surface area contributed by atoms with E-state index >= 15 is 0 Å². The maximum absolute atomic E-state index is 11.5. The van der Waals surface area contributed by atoms with Crippen molar-refractivity contribution in [3.8, 4) is 11.5 Å². The Morgan fingerprint density at radius 1 is 0.939 bits per heavy atom.